The molecule has 1 unspecified atom stereocenters. The number of alkyl halides is 3. The molecule has 0 spiro atoms. The van der Waals surface area contributed by atoms with Gasteiger partial charge in [0.1, 0.15) is 5.69 Å². The lowest BCUT2D eigenvalue weighted by molar-refractivity contribution is -0.137. The maximum atomic E-state index is 12.5. The Bertz CT molecular complexity index is 603. The van der Waals surface area contributed by atoms with Crippen molar-refractivity contribution in [3.8, 4) is 11.6 Å². The molecular formula is C13H13F3N4O. The van der Waals surface area contributed by atoms with Gasteiger partial charge in [-0.3, -0.25) is 4.98 Å². The minimum Gasteiger partial charge on any atom is -0.332 e. The molecule has 1 aliphatic rings. The van der Waals surface area contributed by atoms with E-state index < -0.39 is 11.7 Å². The van der Waals surface area contributed by atoms with E-state index in [4.69, 9.17) is 4.52 Å². The van der Waals surface area contributed by atoms with Gasteiger partial charge in [0.05, 0.1) is 5.56 Å². The van der Waals surface area contributed by atoms with Gasteiger partial charge in [0.2, 0.25) is 0 Å². The topological polar surface area (TPSA) is 63.8 Å². The normalized spacial score (nSPS) is 19.7. The van der Waals surface area contributed by atoms with Crippen LogP contribution in [-0.4, -0.2) is 28.2 Å². The fraction of sp³-hybridized carbons (Fsp3) is 0.462. The number of piperidine rings is 1. The second-order valence-electron chi connectivity index (χ2n) is 4.93. The molecule has 2 aromatic heterocycles. The maximum absolute atomic E-state index is 12.5. The largest absolute Gasteiger partial charge is 0.417 e. The summed E-state index contributed by atoms with van der Waals surface area (Å²) in [5, 5.41) is 7.14. The van der Waals surface area contributed by atoms with Crippen LogP contribution in [0.3, 0.4) is 0 Å². The zero-order valence-corrected chi connectivity index (χ0v) is 11.0. The molecular weight excluding hydrogens is 285 g/mol. The predicted molar refractivity (Wildman–Crippen MR) is 67.4 cm³/mol. The van der Waals surface area contributed by atoms with Crippen LogP contribution in [0.15, 0.2) is 22.9 Å². The Kier molecular flexibility index (Phi) is 3.62. The Balaban J connectivity index is 1.79. The third kappa shape index (κ3) is 3.05. The van der Waals surface area contributed by atoms with Crippen molar-refractivity contribution in [2.45, 2.75) is 24.9 Å². The molecule has 1 N–H and O–H groups in total. The fourth-order valence-corrected chi connectivity index (χ4v) is 2.26. The predicted octanol–water partition coefficient (Wildman–Crippen LogP) is 2.62. The van der Waals surface area contributed by atoms with E-state index in [9.17, 15) is 13.2 Å². The van der Waals surface area contributed by atoms with Gasteiger partial charge in [-0.05, 0) is 31.5 Å². The standard InChI is InChI=1S/C13H13F3N4O/c14-13(15,16)9-3-4-10(18-7-9)12-19-11(20-21-12)8-2-1-5-17-6-8/h3-4,7-8,17H,1-2,5-6H2. The lowest BCUT2D eigenvalue weighted by Gasteiger charge is -2.19. The van der Waals surface area contributed by atoms with E-state index in [1.807, 2.05) is 0 Å². The van der Waals surface area contributed by atoms with Crippen LogP contribution in [0.1, 0.15) is 30.1 Å². The van der Waals surface area contributed by atoms with Gasteiger partial charge in [-0.2, -0.15) is 18.2 Å². The van der Waals surface area contributed by atoms with Crippen LogP contribution in [0.25, 0.3) is 11.6 Å². The first kappa shape index (κ1) is 14.0. The van der Waals surface area contributed by atoms with Gasteiger partial charge in [0, 0.05) is 18.7 Å². The number of hydrogen-bond acceptors (Lipinski definition) is 5. The average Bonchev–Trinajstić information content (AvgIpc) is 2.97. The number of nitrogens with one attached hydrogen (secondary N) is 1. The summed E-state index contributed by atoms with van der Waals surface area (Å²) in [6.07, 6.45) is -1.64. The van der Waals surface area contributed by atoms with Gasteiger partial charge in [-0.1, -0.05) is 5.16 Å². The Morgan fingerprint density at radius 1 is 1.29 bits per heavy atom. The first-order valence-corrected chi connectivity index (χ1v) is 6.62. The molecule has 2 aromatic rings. The zero-order valence-electron chi connectivity index (χ0n) is 11.0. The van der Waals surface area contributed by atoms with Crippen molar-refractivity contribution < 1.29 is 17.7 Å². The third-order valence-corrected chi connectivity index (χ3v) is 3.41. The molecule has 3 heterocycles. The molecule has 112 valence electrons. The minimum atomic E-state index is -4.40. The summed E-state index contributed by atoms with van der Waals surface area (Å²) in [7, 11) is 0. The monoisotopic (exact) mass is 298 g/mol. The summed E-state index contributed by atoms with van der Waals surface area (Å²) in [6.45, 7) is 1.75. The number of aromatic nitrogens is 3. The van der Waals surface area contributed by atoms with E-state index >= 15 is 0 Å². The van der Waals surface area contributed by atoms with Gasteiger partial charge < -0.3 is 9.84 Å². The lowest BCUT2D eigenvalue weighted by Crippen LogP contribution is -2.28. The van der Waals surface area contributed by atoms with Crippen LogP contribution in [-0.2, 0) is 6.18 Å². The van der Waals surface area contributed by atoms with Crippen molar-refractivity contribution in [3.05, 3.63) is 29.7 Å². The summed E-state index contributed by atoms with van der Waals surface area (Å²) >= 11 is 0. The van der Waals surface area contributed by atoms with Crippen LogP contribution < -0.4 is 5.32 Å². The summed E-state index contributed by atoms with van der Waals surface area (Å²) in [4.78, 5) is 7.98. The number of halogens is 3. The molecule has 3 rings (SSSR count). The van der Waals surface area contributed by atoms with E-state index in [2.05, 4.69) is 20.4 Å². The van der Waals surface area contributed by atoms with Crippen molar-refractivity contribution in [1.82, 2.24) is 20.4 Å². The van der Waals surface area contributed by atoms with Crippen molar-refractivity contribution in [3.63, 3.8) is 0 Å². The molecule has 5 nitrogen and oxygen atoms in total. The SMILES string of the molecule is FC(F)(F)c1ccc(-c2nc(C3CCCNC3)no2)nc1. The first-order chi connectivity index (χ1) is 10.0. The van der Waals surface area contributed by atoms with Crippen LogP contribution in [0, 0.1) is 0 Å². The lowest BCUT2D eigenvalue weighted by atomic mass is 9.99. The number of pyridine rings is 1. The maximum Gasteiger partial charge on any atom is 0.417 e. The molecule has 0 radical (unpaired) electrons. The second kappa shape index (κ2) is 5.44. The molecule has 1 fully saturated rings. The Morgan fingerprint density at radius 3 is 2.76 bits per heavy atom. The van der Waals surface area contributed by atoms with Crippen LogP contribution in [0.2, 0.25) is 0 Å². The van der Waals surface area contributed by atoms with Gasteiger partial charge in [0.25, 0.3) is 5.89 Å². The molecule has 0 aromatic carbocycles. The smallest absolute Gasteiger partial charge is 0.332 e. The highest BCUT2D eigenvalue weighted by molar-refractivity contribution is 5.46. The Hall–Kier alpha value is -1.96. The van der Waals surface area contributed by atoms with Crippen molar-refractivity contribution >= 4 is 0 Å². The van der Waals surface area contributed by atoms with Gasteiger partial charge in [0.15, 0.2) is 5.82 Å². The second-order valence-corrected chi connectivity index (χ2v) is 4.93. The molecule has 0 saturated carbocycles. The molecule has 1 saturated heterocycles. The highest BCUT2D eigenvalue weighted by Crippen LogP contribution is 2.30. The first-order valence-electron chi connectivity index (χ1n) is 6.62. The molecule has 1 aliphatic heterocycles. The van der Waals surface area contributed by atoms with Crippen molar-refractivity contribution in [2.75, 3.05) is 13.1 Å². The van der Waals surface area contributed by atoms with E-state index in [-0.39, 0.29) is 17.5 Å². The highest BCUT2D eigenvalue weighted by atomic mass is 19.4. The third-order valence-electron chi connectivity index (χ3n) is 3.41. The summed E-state index contributed by atoms with van der Waals surface area (Å²) in [6, 6.07) is 2.19. The summed E-state index contributed by atoms with van der Waals surface area (Å²) < 4.78 is 42.5. The molecule has 21 heavy (non-hydrogen) atoms. The Labute approximate surface area is 118 Å². The number of rotatable bonds is 2. The van der Waals surface area contributed by atoms with E-state index in [0.717, 1.165) is 38.2 Å². The molecule has 0 bridgehead atoms. The van der Waals surface area contributed by atoms with Gasteiger partial charge >= 0.3 is 6.18 Å². The molecule has 8 heteroatoms. The molecule has 0 amide bonds. The van der Waals surface area contributed by atoms with Crippen LogP contribution in [0.5, 0.6) is 0 Å². The summed E-state index contributed by atoms with van der Waals surface area (Å²) in [5.74, 6) is 0.883. The van der Waals surface area contributed by atoms with Crippen molar-refractivity contribution in [2.24, 2.45) is 0 Å². The molecule has 1 atom stereocenters. The van der Waals surface area contributed by atoms with Crippen LogP contribution in [0.4, 0.5) is 13.2 Å². The summed E-state index contributed by atoms with van der Waals surface area (Å²) in [5.41, 5.74) is -0.562. The van der Waals surface area contributed by atoms with Gasteiger partial charge in [-0.15, -0.1) is 0 Å². The van der Waals surface area contributed by atoms with E-state index in [1.165, 1.54) is 6.07 Å². The molecule has 0 aliphatic carbocycles. The highest BCUT2D eigenvalue weighted by Gasteiger charge is 2.31. The minimum absolute atomic E-state index is 0.143. The number of nitrogens with zero attached hydrogens (tertiary/aromatic N) is 3. The van der Waals surface area contributed by atoms with Crippen molar-refractivity contribution in [1.29, 1.82) is 0 Å². The van der Waals surface area contributed by atoms with Gasteiger partial charge in [-0.25, -0.2) is 0 Å². The quantitative estimate of drug-likeness (QED) is 0.923. The zero-order chi connectivity index (χ0) is 14.9. The average molecular weight is 298 g/mol. The Morgan fingerprint density at radius 2 is 2.14 bits per heavy atom. The van der Waals surface area contributed by atoms with Crippen LogP contribution >= 0.6 is 0 Å². The number of hydrogen-bond donors (Lipinski definition) is 1. The fourth-order valence-electron chi connectivity index (χ4n) is 2.26. The van der Waals surface area contributed by atoms with E-state index in [0.29, 0.717) is 5.82 Å². The van der Waals surface area contributed by atoms with E-state index in [1.54, 1.807) is 0 Å².